The van der Waals surface area contributed by atoms with Gasteiger partial charge in [-0.05, 0) is 58.7 Å². The van der Waals surface area contributed by atoms with E-state index in [0.717, 1.165) is 48.8 Å². The minimum absolute atomic E-state index is 0.121. The van der Waals surface area contributed by atoms with E-state index < -0.39 is 11.7 Å². The molecular weight excluding hydrogens is 456 g/mol. The van der Waals surface area contributed by atoms with Crippen molar-refractivity contribution in [1.82, 2.24) is 25.1 Å². The first kappa shape index (κ1) is 27.4. The van der Waals surface area contributed by atoms with Gasteiger partial charge in [-0.25, -0.2) is 14.8 Å². The Hall–Kier alpha value is -3.20. The molecule has 1 aliphatic rings. The van der Waals surface area contributed by atoms with Gasteiger partial charge in [0.05, 0.1) is 0 Å². The maximum atomic E-state index is 12.5. The van der Waals surface area contributed by atoms with Gasteiger partial charge in [-0.3, -0.25) is 9.69 Å². The van der Waals surface area contributed by atoms with Crippen molar-refractivity contribution >= 4 is 17.9 Å². The molecule has 36 heavy (non-hydrogen) atoms. The predicted octanol–water partition coefficient (Wildman–Crippen LogP) is 3.55. The summed E-state index contributed by atoms with van der Waals surface area (Å²) >= 11 is 0. The molecule has 2 heterocycles. The zero-order valence-electron chi connectivity index (χ0n) is 22.7. The zero-order chi connectivity index (χ0) is 26.5. The fourth-order valence-corrected chi connectivity index (χ4v) is 4.02. The van der Waals surface area contributed by atoms with Gasteiger partial charge < -0.3 is 19.9 Å². The van der Waals surface area contributed by atoms with Crippen molar-refractivity contribution in [1.29, 1.82) is 0 Å². The van der Waals surface area contributed by atoms with Crippen LogP contribution in [-0.2, 0) is 16.1 Å². The van der Waals surface area contributed by atoms with Crippen molar-refractivity contribution < 1.29 is 14.3 Å². The lowest BCUT2D eigenvalue weighted by Gasteiger charge is -2.42. The maximum Gasteiger partial charge on any atom is 0.408 e. The molecule has 1 aromatic heterocycles. The highest BCUT2D eigenvalue weighted by Crippen LogP contribution is 2.22. The number of nitrogens with one attached hydrogen (secondary N) is 1. The van der Waals surface area contributed by atoms with Gasteiger partial charge in [0.25, 0.3) is 0 Å². The second-order valence-corrected chi connectivity index (χ2v) is 11.2. The molecule has 0 spiro atoms. The predicted molar refractivity (Wildman–Crippen MR) is 142 cm³/mol. The minimum atomic E-state index is -0.609. The van der Waals surface area contributed by atoms with Crippen molar-refractivity contribution in [3.8, 4) is 11.1 Å². The monoisotopic (exact) mass is 496 g/mol. The fraction of sp³-hybridized carbons (Fsp3) is 0.556. The molecule has 0 saturated carbocycles. The molecule has 196 valence electrons. The number of hydrogen-bond acceptors (Lipinski definition) is 7. The molecule has 0 bridgehead atoms. The number of aromatic nitrogens is 2. The van der Waals surface area contributed by atoms with E-state index in [9.17, 15) is 9.59 Å². The molecule has 0 aliphatic carbocycles. The molecule has 0 atom stereocenters. The Morgan fingerprint density at radius 1 is 1.00 bits per heavy atom. The van der Waals surface area contributed by atoms with Gasteiger partial charge in [-0.1, -0.05) is 18.2 Å². The molecule has 0 radical (unpaired) electrons. The van der Waals surface area contributed by atoms with Gasteiger partial charge in [0.15, 0.2) is 0 Å². The molecule has 2 aromatic rings. The van der Waals surface area contributed by atoms with E-state index in [1.54, 1.807) is 32.7 Å². The Morgan fingerprint density at radius 2 is 1.64 bits per heavy atom. The number of likely N-dealkylation sites (N-methyl/N-ethyl adjacent to an activating group) is 1. The summed E-state index contributed by atoms with van der Waals surface area (Å²) in [6.07, 6.45) is 3.11. The van der Waals surface area contributed by atoms with Crippen LogP contribution in [0.15, 0.2) is 36.7 Å². The fourth-order valence-electron chi connectivity index (χ4n) is 4.02. The Bertz CT molecular complexity index is 1030. The van der Waals surface area contributed by atoms with Crippen LogP contribution in [0.4, 0.5) is 10.7 Å². The second-order valence-electron chi connectivity index (χ2n) is 11.2. The van der Waals surface area contributed by atoms with Crippen molar-refractivity contribution in [3.05, 3.63) is 42.2 Å². The van der Waals surface area contributed by atoms with Crippen LogP contribution in [0, 0.1) is 0 Å². The SMILES string of the molecule is CN(Cc1cccc(-c2cnc(N3CCN(C(C)(C)C)CC3)nc2)c1)C(=O)CNC(=O)OC(C)(C)C. The first-order valence-corrected chi connectivity index (χ1v) is 12.4. The van der Waals surface area contributed by atoms with E-state index in [2.05, 4.69) is 45.9 Å². The third kappa shape index (κ3) is 7.91. The maximum absolute atomic E-state index is 12.5. The van der Waals surface area contributed by atoms with E-state index in [-0.39, 0.29) is 18.0 Å². The van der Waals surface area contributed by atoms with E-state index in [4.69, 9.17) is 4.74 Å². The molecule has 1 saturated heterocycles. The number of nitrogens with zero attached hydrogens (tertiary/aromatic N) is 5. The lowest BCUT2D eigenvalue weighted by atomic mass is 10.0. The largest absolute Gasteiger partial charge is 0.444 e. The average Bonchev–Trinajstić information content (AvgIpc) is 2.81. The van der Waals surface area contributed by atoms with E-state index in [0.29, 0.717) is 6.54 Å². The summed E-state index contributed by atoms with van der Waals surface area (Å²) in [5.74, 6) is 0.553. The number of anilines is 1. The lowest BCUT2D eigenvalue weighted by molar-refractivity contribution is -0.129. The van der Waals surface area contributed by atoms with E-state index >= 15 is 0 Å². The first-order valence-electron chi connectivity index (χ1n) is 12.4. The van der Waals surface area contributed by atoms with Crippen LogP contribution in [0.25, 0.3) is 11.1 Å². The van der Waals surface area contributed by atoms with Crippen LogP contribution in [-0.4, -0.2) is 82.7 Å². The standard InChI is InChI=1S/C27H40N6O3/c1-26(2,3)33-13-11-32(12-14-33)24-28-16-22(17-29-24)21-10-8-9-20(15-21)19-31(7)23(34)18-30-25(35)36-27(4,5)6/h8-10,15-17H,11-14,18-19H2,1-7H3,(H,30,35). The normalized spacial score (nSPS) is 14.9. The molecule has 1 aliphatic heterocycles. The highest BCUT2D eigenvalue weighted by Gasteiger charge is 2.26. The van der Waals surface area contributed by atoms with Crippen molar-refractivity contribution in [2.24, 2.45) is 0 Å². The summed E-state index contributed by atoms with van der Waals surface area (Å²) in [5, 5.41) is 2.51. The molecule has 9 heteroatoms. The molecular formula is C27H40N6O3. The number of ether oxygens (including phenoxy) is 1. The number of carbonyl (C=O) groups is 2. The van der Waals surface area contributed by atoms with Crippen molar-refractivity contribution in [2.45, 2.75) is 59.2 Å². The van der Waals surface area contributed by atoms with Crippen LogP contribution in [0.2, 0.25) is 0 Å². The highest BCUT2D eigenvalue weighted by atomic mass is 16.6. The van der Waals surface area contributed by atoms with Crippen LogP contribution < -0.4 is 10.2 Å². The van der Waals surface area contributed by atoms with Crippen molar-refractivity contribution in [2.75, 3.05) is 44.7 Å². The smallest absolute Gasteiger partial charge is 0.408 e. The highest BCUT2D eigenvalue weighted by molar-refractivity contribution is 5.82. The van der Waals surface area contributed by atoms with Crippen LogP contribution in [0.3, 0.4) is 0 Å². The van der Waals surface area contributed by atoms with Crippen LogP contribution in [0.5, 0.6) is 0 Å². The third-order valence-corrected chi connectivity index (χ3v) is 6.04. The van der Waals surface area contributed by atoms with Gasteiger partial charge in [0.1, 0.15) is 12.1 Å². The number of carbonyl (C=O) groups excluding carboxylic acids is 2. The number of piperazine rings is 1. The molecule has 1 aromatic carbocycles. The average molecular weight is 497 g/mol. The molecule has 1 N–H and O–H groups in total. The number of rotatable bonds is 6. The Morgan fingerprint density at radius 3 is 2.22 bits per heavy atom. The molecule has 1 fully saturated rings. The lowest BCUT2D eigenvalue weighted by Crippen LogP contribution is -2.53. The summed E-state index contributed by atoms with van der Waals surface area (Å²) in [6.45, 7) is 16.2. The molecule has 9 nitrogen and oxygen atoms in total. The van der Waals surface area contributed by atoms with E-state index in [1.165, 1.54) is 0 Å². The van der Waals surface area contributed by atoms with E-state index in [1.807, 2.05) is 36.7 Å². The summed E-state index contributed by atoms with van der Waals surface area (Å²) in [4.78, 5) is 39.8. The summed E-state index contributed by atoms with van der Waals surface area (Å²) in [6, 6.07) is 7.97. The summed E-state index contributed by atoms with van der Waals surface area (Å²) in [5.41, 5.74) is 2.46. The Balaban J connectivity index is 1.56. The van der Waals surface area contributed by atoms with Gasteiger partial charge in [-0.2, -0.15) is 0 Å². The quantitative estimate of drug-likeness (QED) is 0.654. The zero-order valence-corrected chi connectivity index (χ0v) is 22.7. The topological polar surface area (TPSA) is 90.9 Å². The second kappa shape index (κ2) is 11.2. The molecule has 0 unspecified atom stereocenters. The number of hydrogen-bond donors (Lipinski definition) is 1. The Kier molecular flexibility index (Phi) is 8.55. The van der Waals surface area contributed by atoms with Crippen molar-refractivity contribution in [3.63, 3.8) is 0 Å². The number of amides is 2. The van der Waals surface area contributed by atoms with Gasteiger partial charge in [-0.15, -0.1) is 0 Å². The van der Waals surface area contributed by atoms with Crippen LogP contribution >= 0.6 is 0 Å². The molecule has 3 rings (SSSR count). The first-order chi connectivity index (χ1) is 16.8. The van der Waals surface area contributed by atoms with Crippen LogP contribution in [0.1, 0.15) is 47.1 Å². The summed E-state index contributed by atoms with van der Waals surface area (Å²) in [7, 11) is 1.71. The van der Waals surface area contributed by atoms with Gasteiger partial charge in [0.2, 0.25) is 11.9 Å². The third-order valence-electron chi connectivity index (χ3n) is 6.04. The number of alkyl carbamates (subject to hydrolysis) is 1. The van der Waals surface area contributed by atoms with Gasteiger partial charge >= 0.3 is 6.09 Å². The summed E-state index contributed by atoms with van der Waals surface area (Å²) < 4.78 is 5.18. The minimum Gasteiger partial charge on any atom is -0.444 e. The Labute approximate surface area is 214 Å². The molecule has 2 amide bonds. The number of benzene rings is 1. The van der Waals surface area contributed by atoms with Gasteiger partial charge in [0, 0.05) is 63.3 Å².